The fourth-order valence-corrected chi connectivity index (χ4v) is 2.16. The number of carbonyl (C=O) groups excluding carboxylic acids is 3. The minimum absolute atomic E-state index is 0.154. The molecule has 1 aromatic rings. The fraction of sp³-hybridized carbons (Fsp3) is 0.562. The molecule has 1 aromatic heterocycles. The van der Waals surface area contributed by atoms with Crippen molar-refractivity contribution in [2.75, 3.05) is 14.2 Å². The lowest BCUT2D eigenvalue weighted by Crippen LogP contribution is -2.34. The number of nitrogens with zero attached hydrogens (tertiary/aromatic N) is 1. The van der Waals surface area contributed by atoms with E-state index in [9.17, 15) is 14.4 Å². The Kier molecular flexibility index (Phi) is 7.36. The molecule has 0 amide bonds. The van der Waals surface area contributed by atoms with Crippen LogP contribution in [0.4, 0.5) is 0 Å². The molecule has 0 fully saturated rings. The van der Waals surface area contributed by atoms with Crippen LogP contribution in [0.3, 0.4) is 0 Å². The van der Waals surface area contributed by atoms with Gasteiger partial charge in [0.15, 0.2) is 5.78 Å². The van der Waals surface area contributed by atoms with Gasteiger partial charge in [-0.3, -0.25) is 14.4 Å². The first kappa shape index (κ1) is 17.9. The molecular weight excluding hydrogens is 286 g/mol. The first-order valence-electron chi connectivity index (χ1n) is 7.28. The van der Waals surface area contributed by atoms with Gasteiger partial charge < -0.3 is 14.0 Å². The van der Waals surface area contributed by atoms with Gasteiger partial charge in [0.05, 0.1) is 14.2 Å². The summed E-state index contributed by atoms with van der Waals surface area (Å²) in [6, 6.07) is 3.93. The molecule has 22 heavy (non-hydrogen) atoms. The number of Topliss-reactive ketones (excluding diaryl/α,β-unsaturated/α-hetero) is 1. The third-order valence-corrected chi connectivity index (χ3v) is 3.63. The van der Waals surface area contributed by atoms with E-state index in [2.05, 4.69) is 14.0 Å². The summed E-state index contributed by atoms with van der Waals surface area (Å²) in [5.41, 5.74) is 0. The molecule has 0 saturated carbocycles. The van der Waals surface area contributed by atoms with Crippen LogP contribution in [0.1, 0.15) is 26.2 Å². The molecule has 0 N–H and O–H groups in total. The monoisotopic (exact) mass is 309 g/mol. The Morgan fingerprint density at radius 2 is 1.55 bits per heavy atom. The molecule has 0 aliphatic rings. The van der Waals surface area contributed by atoms with Gasteiger partial charge in [-0.2, -0.15) is 0 Å². The predicted octanol–water partition coefficient (Wildman–Crippen LogP) is 1.83. The molecule has 0 spiro atoms. The highest BCUT2D eigenvalue weighted by Crippen LogP contribution is 2.16. The Hall–Kier alpha value is -2.11. The molecule has 1 heterocycles. The highest BCUT2D eigenvalue weighted by atomic mass is 16.5. The number of aromatic nitrogens is 1. The van der Waals surface area contributed by atoms with Crippen molar-refractivity contribution in [1.82, 2.24) is 4.57 Å². The van der Waals surface area contributed by atoms with Crippen LogP contribution < -0.4 is 0 Å². The fourth-order valence-electron chi connectivity index (χ4n) is 2.16. The van der Waals surface area contributed by atoms with E-state index >= 15 is 0 Å². The van der Waals surface area contributed by atoms with Gasteiger partial charge in [0.2, 0.25) is 5.92 Å². The number of rotatable bonds is 9. The lowest BCUT2D eigenvalue weighted by Gasteiger charge is -2.14. The van der Waals surface area contributed by atoms with Crippen LogP contribution in [0.5, 0.6) is 0 Å². The molecule has 0 radical (unpaired) electrons. The van der Waals surface area contributed by atoms with Crippen molar-refractivity contribution in [1.29, 1.82) is 0 Å². The molecule has 122 valence electrons. The largest absolute Gasteiger partial charge is 0.468 e. The first-order chi connectivity index (χ1) is 10.5. The van der Waals surface area contributed by atoms with Crippen LogP contribution in [-0.2, 0) is 30.4 Å². The van der Waals surface area contributed by atoms with Crippen LogP contribution in [0.25, 0.3) is 0 Å². The van der Waals surface area contributed by atoms with E-state index in [0.29, 0.717) is 12.3 Å². The van der Waals surface area contributed by atoms with Crippen molar-refractivity contribution in [2.24, 2.45) is 11.8 Å². The van der Waals surface area contributed by atoms with Crippen molar-refractivity contribution in [3.05, 3.63) is 24.5 Å². The number of carbonyl (C=O) groups is 3. The third-order valence-electron chi connectivity index (χ3n) is 3.63. The molecule has 1 rings (SSSR count). The summed E-state index contributed by atoms with van der Waals surface area (Å²) in [5.74, 6) is -3.34. The van der Waals surface area contributed by atoms with E-state index in [-0.39, 0.29) is 6.42 Å². The van der Waals surface area contributed by atoms with Gasteiger partial charge in [-0.1, -0.05) is 6.92 Å². The highest BCUT2D eigenvalue weighted by Gasteiger charge is 2.35. The number of methoxy groups -OCH3 is 2. The molecular formula is C16H23NO5. The second-order valence-electron chi connectivity index (χ2n) is 5.30. The molecule has 6 heteroatoms. The van der Waals surface area contributed by atoms with E-state index in [1.807, 2.05) is 31.5 Å². The predicted molar refractivity (Wildman–Crippen MR) is 80.0 cm³/mol. The molecule has 1 atom stereocenters. The van der Waals surface area contributed by atoms with Gasteiger partial charge in [0, 0.05) is 25.4 Å². The summed E-state index contributed by atoms with van der Waals surface area (Å²) in [6.45, 7) is 2.92. The number of ketones is 1. The van der Waals surface area contributed by atoms with Crippen LogP contribution in [-0.4, -0.2) is 36.5 Å². The zero-order chi connectivity index (χ0) is 16.5. The number of esters is 2. The normalized spacial score (nSPS) is 12.0. The first-order valence-corrected chi connectivity index (χ1v) is 7.28. The Morgan fingerprint density at radius 1 is 1.00 bits per heavy atom. The Morgan fingerprint density at radius 3 is 2.05 bits per heavy atom. The van der Waals surface area contributed by atoms with E-state index in [0.717, 1.165) is 27.2 Å². The Balaban J connectivity index is 2.44. The lowest BCUT2D eigenvalue weighted by molar-refractivity contribution is -0.161. The smallest absolute Gasteiger partial charge is 0.327 e. The van der Waals surface area contributed by atoms with Crippen LogP contribution in [0, 0.1) is 11.8 Å². The average molecular weight is 309 g/mol. The molecule has 0 unspecified atom stereocenters. The quantitative estimate of drug-likeness (QED) is 0.514. The molecule has 6 nitrogen and oxygen atoms in total. The summed E-state index contributed by atoms with van der Waals surface area (Å²) < 4.78 is 11.1. The minimum atomic E-state index is -1.47. The number of hydrogen-bond acceptors (Lipinski definition) is 5. The summed E-state index contributed by atoms with van der Waals surface area (Å²) in [4.78, 5) is 35.1. The van der Waals surface area contributed by atoms with Gasteiger partial charge in [0.25, 0.3) is 0 Å². The molecule has 0 saturated heterocycles. The third kappa shape index (κ3) is 5.35. The second-order valence-corrected chi connectivity index (χ2v) is 5.30. The van der Waals surface area contributed by atoms with Crippen molar-refractivity contribution in [3.8, 4) is 0 Å². The molecule has 0 bridgehead atoms. The zero-order valence-electron chi connectivity index (χ0n) is 13.3. The highest BCUT2D eigenvalue weighted by molar-refractivity contribution is 6.14. The van der Waals surface area contributed by atoms with Gasteiger partial charge in [-0.25, -0.2) is 0 Å². The maximum atomic E-state index is 12.1. The standard InChI is InChI=1S/C16H23NO5/c1-12(8-11-17-9-4-5-10-17)6-7-13(18)14(15(19)21-2)16(20)22-3/h4-5,9-10,12,14H,6-8,11H2,1-3H3/t12-/m1/s1. The van der Waals surface area contributed by atoms with Crippen LogP contribution in [0.15, 0.2) is 24.5 Å². The second kappa shape index (κ2) is 9.02. The van der Waals surface area contributed by atoms with Gasteiger partial charge >= 0.3 is 11.9 Å². The Bertz CT molecular complexity index is 479. The number of hydrogen-bond donors (Lipinski definition) is 0. The maximum Gasteiger partial charge on any atom is 0.327 e. The average Bonchev–Trinajstić information content (AvgIpc) is 3.03. The van der Waals surface area contributed by atoms with Gasteiger partial charge in [-0.05, 0) is 30.9 Å². The SMILES string of the molecule is COC(=O)C(C(=O)CC[C@@H](C)CCn1cccc1)C(=O)OC. The van der Waals surface area contributed by atoms with Crippen molar-refractivity contribution >= 4 is 17.7 Å². The Labute approximate surface area is 130 Å². The van der Waals surface area contributed by atoms with Crippen molar-refractivity contribution < 1.29 is 23.9 Å². The number of ether oxygens (including phenoxy) is 2. The molecule has 0 aromatic carbocycles. The summed E-state index contributed by atoms with van der Waals surface area (Å²) >= 11 is 0. The van der Waals surface area contributed by atoms with Crippen LogP contribution in [0.2, 0.25) is 0 Å². The van der Waals surface area contributed by atoms with E-state index in [4.69, 9.17) is 0 Å². The van der Waals surface area contributed by atoms with Crippen molar-refractivity contribution in [2.45, 2.75) is 32.7 Å². The molecule has 0 aliphatic heterocycles. The summed E-state index contributed by atoms with van der Waals surface area (Å²) in [5, 5.41) is 0. The van der Waals surface area contributed by atoms with E-state index in [1.165, 1.54) is 0 Å². The van der Waals surface area contributed by atoms with Crippen molar-refractivity contribution in [3.63, 3.8) is 0 Å². The minimum Gasteiger partial charge on any atom is -0.468 e. The van der Waals surface area contributed by atoms with E-state index < -0.39 is 23.6 Å². The summed E-state index contributed by atoms with van der Waals surface area (Å²) in [7, 11) is 2.29. The zero-order valence-corrected chi connectivity index (χ0v) is 13.3. The molecule has 0 aliphatic carbocycles. The summed E-state index contributed by atoms with van der Waals surface area (Å²) in [6.07, 6.45) is 5.67. The lowest BCUT2D eigenvalue weighted by atomic mass is 9.94. The number of aryl methyl sites for hydroxylation is 1. The van der Waals surface area contributed by atoms with Crippen LogP contribution >= 0.6 is 0 Å². The van der Waals surface area contributed by atoms with E-state index in [1.54, 1.807) is 0 Å². The maximum absolute atomic E-state index is 12.1. The van der Waals surface area contributed by atoms with Gasteiger partial charge in [-0.15, -0.1) is 0 Å². The topological polar surface area (TPSA) is 74.6 Å². The van der Waals surface area contributed by atoms with Gasteiger partial charge in [0.1, 0.15) is 0 Å².